The highest BCUT2D eigenvalue weighted by Crippen LogP contribution is 2.21. The van der Waals surface area contributed by atoms with E-state index in [-0.39, 0.29) is 17.9 Å². The van der Waals surface area contributed by atoms with E-state index in [1.165, 1.54) is 0 Å². The normalized spacial score (nSPS) is 15.0. The number of carbonyl (C=O) groups excluding carboxylic acids is 2. The molecule has 0 unspecified atom stereocenters. The van der Waals surface area contributed by atoms with Crippen LogP contribution in [0.25, 0.3) is 0 Å². The first kappa shape index (κ1) is 22.5. The number of benzene rings is 2. The number of carbonyl (C=O) groups is 2. The highest BCUT2D eigenvalue weighted by atomic mass is 79.9. The molecule has 4 nitrogen and oxygen atoms in total. The second kappa shape index (κ2) is 11.3. The highest BCUT2D eigenvalue weighted by molar-refractivity contribution is 9.10. The van der Waals surface area contributed by atoms with Gasteiger partial charge in [-0.3, -0.25) is 9.59 Å². The van der Waals surface area contributed by atoms with E-state index in [0.29, 0.717) is 19.4 Å². The summed E-state index contributed by atoms with van der Waals surface area (Å²) < 4.78 is 0.998. The van der Waals surface area contributed by atoms with Gasteiger partial charge in [0, 0.05) is 29.9 Å². The van der Waals surface area contributed by atoms with Gasteiger partial charge in [0.15, 0.2) is 0 Å². The zero-order chi connectivity index (χ0) is 21.3. The van der Waals surface area contributed by atoms with Gasteiger partial charge in [0.25, 0.3) is 0 Å². The molecule has 0 heterocycles. The van der Waals surface area contributed by atoms with Crippen LogP contribution in [0.2, 0.25) is 0 Å². The number of amides is 2. The molecule has 0 bridgehead atoms. The average Bonchev–Trinajstić information content (AvgIpc) is 3.26. The fourth-order valence-corrected chi connectivity index (χ4v) is 4.33. The van der Waals surface area contributed by atoms with E-state index in [0.717, 1.165) is 47.7 Å². The van der Waals surface area contributed by atoms with Crippen molar-refractivity contribution >= 4 is 27.7 Å². The van der Waals surface area contributed by atoms with Gasteiger partial charge in [0.1, 0.15) is 6.04 Å². The predicted octanol–water partition coefficient (Wildman–Crippen LogP) is 5.25. The Morgan fingerprint density at radius 1 is 1.03 bits per heavy atom. The quantitative estimate of drug-likeness (QED) is 0.543. The number of nitrogens with one attached hydrogen (secondary N) is 1. The minimum atomic E-state index is -0.518. The maximum absolute atomic E-state index is 13.4. The summed E-state index contributed by atoms with van der Waals surface area (Å²) in [7, 11) is 0. The largest absolute Gasteiger partial charge is 0.352 e. The van der Waals surface area contributed by atoms with Crippen molar-refractivity contribution in [2.45, 2.75) is 70.5 Å². The predicted molar refractivity (Wildman–Crippen MR) is 124 cm³/mol. The molecule has 1 atom stereocenters. The van der Waals surface area contributed by atoms with Gasteiger partial charge in [-0.1, -0.05) is 78.2 Å². The molecule has 2 aromatic rings. The SMILES string of the molecule is CCCC(=O)N(Cc1ccc(Br)cc1)[C@H](Cc1ccccc1)C(=O)NC1CCCC1. The van der Waals surface area contributed by atoms with Crippen LogP contribution in [-0.2, 0) is 22.6 Å². The molecular formula is C25H31BrN2O2. The number of halogens is 1. The lowest BCUT2D eigenvalue weighted by Crippen LogP contribution is -2.52. The van der Waals surface area contributed by atoms with Crippen LogP contribution < -0.4 is 5.32 Å². The van der Waals surface area contributed by atoms with Crippen molar-refractivity contribution in [3.63, 3.8) is 0 Å². The molecule has 3 rings (SSSR count). The van der Waals surface area contributed by atoms with Crippen LogP contribution >= 0.6 is 15.9 Å². The molecule has 1 N–H and O–H groups in total. The molecule has 160 valence electrons. The Hall–Kier alpha value is -2.14. The molecule has 5 heteroatoms. The molecule has 1 aliphatic carbocycles. The molecule has 0 aliphatic heterocycles. The first-order valence-electron chi connectivity index (χ1n) is 10.9. The Bertz CT molecular complexity index is 817. The number of rotatable bonds is 9. The first-order valence-corrected chi connectivity index (χ1v) is 11.7. The first-order chi connectivity index (χ1) is 14.6. The van der Waals surface area contributed by atoms with E-state index in [1.807, 2.05) is 61.5 Å². The smallest absolute Gasteiger partial charge is 0.243 e. The van der Waals surface area contributed by atoms with Crippen molar-refractivity contribution in [2.24, 2.45) is 0 Å². The lowest BCUT2D eigenvalue weighted by molar-refractivity contribution is -0.141. The van der Waals surface area contributed by atoms with Crippen LogP contribution in [0, 0.1) is 0 Å². The summed E-state index contributed by atoms with van der Waals surface area (Å²) in [6.07, 6.45) is 6.10. The molecule has 0 aromatic heterocycles. The van der Waals surface area contributed by atoms with Gasteiger partial charge in [-0.2, -0.15) is 0 Å². The summed E-state index contributed by atoms with van der Waals surface area (Å²) in [6.45, 7) is 2.43. The topological polar surface area (TPSA) is 49.4 Å². The second-order valence-corrected chi connectivity index (χ2v) is 9.01. The maximum Gasteiger partial charge on any atom is 0.243 e. The molecule has 0 spiro atoms. The van der Waals surface area contributed by atoms with E-state index in [2.05, 4.69) is 21.2 Å². The summed E-state index contributed by atoms with van der Waals surface area (Å²) in [5.41, 5.74) is 2.09. The number of nitrogens with zero attached hydrogens (tertiary/aromatic N) is 1. The molecule has 1 saturated carbocycles. The van der Waals surface area contributed by atoms with Crippen LogP contribution in [0.5, 0.6) is 0 Å². The van der Waals surface area contributed by atoms with Gasteiger partial charge in [0.2, 0.25) is 11.8 Å². The molecule has 2 amide bonds. The van der Waals surface area contributed by atoms with Gasteiger partial charge in [0.05, 0.1) is 0 Å². The highest BCUT2D eigenvalue weighted by Gasteiger charge is 2.31. The number of hydrogen-bond donors (Lipinski definition) is 1. The van der Waals surface area contributed by atoms with Crippen molar-refractivity contribution < 1.29 is 9.59 Å². The van der Waals surface area contributed by atoms with Crippen molar-refractivity contribution in [1.82, 2.24) is 10.2 Å². The van der Waals surface area contributed by atoms with Gasteiger partial charge in [-0.25, -0.2) is 0 Å². The van der Waals surface area contributed by atoms with E-state index in [4.69, 9.17) is 0 Å². The zero-order valence-corrected chi connectivity index (χ0v) is 19.2. The lowest BCUT2D eigenvalue weighted by Gasteiger charge is -2.32. The summed E-state index contributed by atoms with van der Waals surface area (Å²) in [4.78, 5) is 28.3. The summed E-state index contributed by atoms with van der Waals surface area (Å²) >= 11 is 3.47. The summed E-state index contributed by atoms with van der Waals surface area (Å²) in [5, 5.41) is 3.23. The Labute approximate surface area is 188 Å². The van der Waals surface area contributed by atoms with Gasteiger partial charge >= 0.3 is 0 Å². The fourth-order valence-electron chi connectivity index (χ4n) is 4.07. The minimum Gasteiger partial charge on any atom is -0.352 e. The zero-order valence-electron chi connectivity index (χ0n) is 17.6. The van der Waals surface area contributed by atoms with Crippen LogP contribution in [-0.4, -0.2) is 28.8 Å². The van der Waals surface area contributed by atoms with Crippen LogP contribution in [0.15, 0.2) is 59.1 Å². The molecule has 0 saturated heterocycles. The monoisotopic (exact) mass is 470 g/mol. The maximum atomic E-state index is 13.4. The molecule has 1 aliphatic rings. The van der Waals surface area contributed by atoms with Crippen molar-refractivity contribution in [2.75, 3.05) is 0 Å². The average molecular weight is 471 g/mol. The minimum absolute atomic E-state index is 0.0305. The number of hydrogen-bond acceptors (Lipinski definition) is 2. The lowest BCUT2D eigenvalue weighted by atomic mass is 10.0. The Morgan fingerprint density at radius 3 is 2.33 bits per heavy atom. The van der Waals surface area contributed by atoms with Crippen molar-refractivity contribution in [3.05, 3.63) is 70.2 Å². The van der Waals surface area contributed by atoms with E-state index in [9.17, 15) is 9.59 Å². The van der Waals surface area contributed by atoms with Gasteiger partial charge in [-0.05, 0) is 42.5 Å². The molecule has 2 aromatic carbocycles. The van der Waals surface area contributed by atoms with E-state index in [1.54, 1.807) is 4.90 Å². The van der Waals surface area contributed by atoms with E-state index >= 15 is 0 Å². The molecule has 30 heavy (non-hydrogen) atoms. The Balaban J connectivity index is 1.87. The van der Waals surface area contributed by atoms with E-state index < -0.39 is 6.04 Å². The Kier molecular flexibility index (Phi) is 8.50. The third kappa shape index (κ3) is 6.43. The van der Waals surface area contributed by atoms with Crippen LogP contribution in [0.4, 0.5) is 0 Å². The molecule has 1 fully saturated rings. The van der Waals surface area contributed by atoms with Crippen molar-refractivity contribution in [3.8, 4) is 0 Å². The summed E-state index contributed by atoms with van der Waals surface area (Å²) in [6, 6.07) is 17.7. The standard InChI is InChI=1S/C25H31BrN2O2/c1-2-8-24(29)28(18-20-13-15-21(26)16-14-20)23(17-19-9-4-3-5-10-19)25(30)27-22-11-6-7-12-22/h3-5,9-10,13-16,22-23H,2,6-8,11-12,17-18H2,1H3,(H,27,30)/t23-/m1/s1. The fraction of sp³-hybridized carbons (Fsp3) is 0.440. The van der Waals surface area contributed by atoms with Crippen LogP contribution in [0.3, 0.4) is 0 Å². The Morgan fingerprint density at radius 2 is 1.70 bits per heavy atom. The second-order valence-electron chi connectivity index (χ2n) is 8.09. The summed E-state index contributed by atoms with van der Waals surface area (Å²) in [5.74, 6) is -0.00441. The molecule has 0 radical (unpaired) electrons. The molecular weight excluding hydrogens is 440 g/mol. The van der Waals surface area contributed by atoms with Gasteiger partial charge < -0.3 is 10.2 Å². The van der Waals surface area contributed by atoms with Crippen molar-refractivity contribution in [1.29, 1.82) is 0 Å². The third-order valence-corrected chi connectivity index (χ3v) is 6.23. The third-order valence-electron chi connectivity index (χ3n) is 5.70. The van der Waals surface area contributed by atoms with Gasteiger partial charge in [-0.15, -0.1) is 0 Å². The van der Waals surface area contributed by atoms with Crippen LogP contribution in [0.1, 0.15) is 56.6 Å².